The predicted octanol–water partition coefficient (Wildman–Crippen LogP) is 2.41. The fourth-order valence-corrected chi connectivity index (χ4v) is 2.09. The molecule has 1 atom stereocenters. The molecule has 0 fully saturated rings. The predicted molar refractivity (Wildman–Crippen MR) is 67.5 cm³/mol. The molecule has 1 heterocycles. The minimum absolute atomic E-state index is 0.00701. The maximum absolute atomic E-state index is 13.1. The van der Waals surface area contributed by atoms with E-state index in [1.165, 1.54) is 6.07 Å². The van der Waals surface area contributed by atoms with Gasteiger partial charge in [0, 0.05) is 23.8 Å². The van der Waals surface area contributed by atoms with Crippen LogP contribution >= 0.6 is 0 Å². The number of rotatable bonds is 3. The highest BCUT2D eigenvalue weighted by atomic mass is 19.4. The molecular formula is C12H14F3N3O2. The highest BCUT2D eigenvalue weighted by Crippen LogP contribution is 2.43. The smallest absolute Gasteiger partial charge is 0.418 e. The van der Waals surface area contributed by atoms with Gasteiger partial charge in [-0.25, -0.2) is 0 Å². The van der Waals surface area contributed by atoms with Gasteiger partial charge < -0.3 is 15.2 Å². The molecule has 0 saturated heterocycles. The summed E-state index contributed by atoms with van der Waals surface area (Å²) in [6, 6.07) is 2.28. The summed E-state index contributed by atoms with van der Waals surface area (Å²) in [5, 5.41) is 3.68. The van der Waals surface area contributed by atoms with E-state index in [2.05, 4.69) is 9.84 Å². The number of hydrogen-bond acceptors (Lipinski definition) is 4. The van der Waals surface area contributed by atoms with E-state index in [1.54, 1.807) is 0 Å². The van der Waals surface area contributed by atoms with Crippen LogP contribution in [0.1, 0.15) is 15.8 Å². The number of benzene rings is 1. The zero-order valence-corrected chi connectivity index (χ0v) is 10.7. The Hall–Kier alpha value is -1.96. The van der Waals surface area contributed by atoms with Crippen LogP contribution in [0, 0.1) is 0 Å². The maximum atomic E-state index is 13.1. The first kappa shape index (κ1) is 10.8. The monoisotopic (exact) mass is 292 g/mol. The van der Waals surface area contributed by atoms with Gasteiger partial charge in [0.2, 0.25) is 0 Å². The van der Waals surface area contributed by atoms with E-state index in [9.17, 15) is 13.2 Å². The molecule has 0 saturated carbocycles. The summed E-state index contributed by atoms with van der Waals surface area (Å²) < 4.78 is 71.7. The van der Waals surface area contributed by atoms with Gasteiger partial charge in [-0.05, 0) is 6.07 Å². The molecule has 0 aliphatic heterocycles. The van der Waals surface area contributed by atoms with Gasteiger partial charge in [0.15, 0.2) is 11.9 Å². The van der Waals surface area contributed by atoms with Crippen molar-refractivity contribution in [1.29, 1.82) is 0 Å². The number of alkyl halides is 3. The number of nitrogens with zero attached hydrogens (tertiary/aromatic N) is 2. The average Bonchev–Trinajstić information content (AvgIpc) is 2.75. The number of aryl methyl sites for hydroxylation is 1. The Bertz CT molecular complexity index is 728. The fourth-order valence-electron chi connectivity index (χ4n) is 2.09. The van der Waals surface area contributed by atoms with Crippen LogP contribution < -0.4 is 10.5 Å². The van der Waals surface area contributed by atoms with Crippen molar-refractivity contribution in [3.8, 4) is 5.75 Å². The summed E-state index contributed by atoms with van der Waals surface area (Å²) in [6.45, 7) is -2.63. The minimum Gasteiger partial charge on any atom is -0.496 e. The second-order valence-corrected chi connectivity index (χ2v) is 4.04. The van der Waals surface area contributed by atoms with Crippen molar-refractivity contribution in [2.75, 3.05) is 20.0 Å². The molecule has 110 valence electrons. The molecule has 0 spiro atoms. The van der Waals surface area contributed by atoms with Crippen LogP contribution in [-0.2, 0) is 11.7 Å². The largest absolute Gasteiger partial charge is 0.496 e. The van der Waals surface area contributed by atoms with Crippen molar-refractivity contribution in [1.82, 2.24) is 9.78 Å². The van der Waals surface area contributed by atoms with Crippen LogP contribution in [0.5, 0.6) is 5.75 Å². The Morgan fingerprint density at radius 2 is 2.10 bits per heavy atom. The lowest BCUT2D eigenvalue weighted by atomic mass is 10.0. The lowest BCUT2D eigenvalue weighted by Crippen LogP contribution is -2.23. The third kappa shape index (κ3) is 2.15. The first-order valence-corrected chi connectivity index (χ1v) is 5.47. The number of hydrogen-bond donors (Lipinski definition) is 1. The van der Waals surface area contributed by atoms with Crippen LogP contribution in [0.15, 0.2) is 12.1 Å². The fraction of sp³-hybridized carbons (Fsp3) is 0.417. The molecule has 0 amide bonds. The van der Waals surface area contributed by atoms with Crippen LogP contribution in [0.3, 0.4) is 0 Å². The standard InChI is InChI=1S/C12H14F3N3O2/c1-18-7-5-4-6(10(20-3)12(13,14)15)9(19-2)8(7)11(16)17-18/h4-5,10H,1-3H3,(H2,16,17)/t10-/m1/s1/i1D3. The van der Waals surface area contributed by atoms with E-state index < -0.39 is 19.3 Å². The molecule has 0 aliphatic rings. The first-order valence-electron chi connectivity index (χ1n) is 6.97. The van der Waals surface area contributed by atoms with E-state index in [-0.39, 0.29) is 28.0 Å². The summed E-state index contributed by atoms with van der Waals surface area (Å²) in [7, 11) is 2.07. The minimum atomic E-state index is -4.68. The van der Waals surface area contributed by atoms with Crippen molar-refractivity contribution in [2.24, 2.45) is 6.98 Å². The van der Waals surface area contributed by atoms with E-state index in [0.29, 0.717) is 4.68 Å². The Labute approximate surface area is 117 Å². The number of nitrogen functional groups attached to an aromatic ring is 1. The van der Waals surface area contributed by atoms with Gasteiger partial charge in [-0.1, -0.05) is 6.07 Å². The second kappa shape index (κ2) is 4.86. The molecule has 2 aromatic rings. The number of aromatic nitrogens is 2. The topological polar surface area (TPSA) is 62.3 Å². The molecule has 0 aliphatic carbocycles. The highest BCUT2D eigenvalue weighted by Gasteiger charge is 2.43. The molecule has 2 rings (SSSR count). The molecule has 0 bridgehead atoms. The second-order valence-electron chi connectivity index (χ2n) is 4.04. The third-order valence-electron chi connectivity index (χ3n) is 2.88. The molecule has 0 unspecified atom stereocenters. The normalized spacial score (nSPS) is 16.6. The number of ether oxygens (including phenoxy) is 2. The zero-order chi connectivity index (χ0) is 17.6. The summed E-state index contributed by atoms with van der Waals surface area (Å²) in [5.74, 6) is -0.466. The molecule has 0 radical (unpaired) electrons. The maximum Gasteiger partial charge on any atom is 0.418 e. The zero-order valence-electron chi connectivity index (χ0n) is 13.7. The van der Waals surface area contributed by atoms with E-state index in [4.69, 9.17) is 14.6 Å². The van der Waals surface area contributed by atoms with Gasteiger partial charge >= 0.3 is 6.18 Å². The first-order chi connectivity index (χ1) is 10.5. The Balaban J connectivity index is 2.79. The third-order valence-corrected chi connectivity index (χ3v) is 2.88. The Morgan fingerprint density at radius 1 is 1.40 bits per heavy atom. The summed E-state index contributed by atoms with van der Waals surface area (Å²) in [6.07, 6.45) is -6.91. The average molecular weight is 292 g/mol. The lowest BCUT2D eigenvalue weighted by molar-refractivity contribution is -0.216. The molecule has 20 heavy (non-hydrogen) atoms. The summed E-state index contributed by atoms with van der Waals surface area (Å²) >= 11 is 0. The summed E-state index contributed by atoms with van der Waals surface area (Å²) in [5.41, 5.74) is 5.41. The van der Waals surface area contributed by atoms with Crippen molar-refractivity contribution in [3.63, 3.8) is 0 Å². The van der Waals surface area contributed by atoms with Crippen LogP contribution in [0.2, 0.25) is 0 Å². The number of anilines is 1. The molecule has 1 aromatic carbocycles. The summed E-state index contributed by atoms with van der Waals surface area (Å²) in [4.78, 5) is 0. The van der Waals surface area contributed by atoms with Crippen LogP contribution in [-0.4, -0.2) is 30.2 Å². The number of fused-ring (bicyclic) bond motifs is 1. The van der Waals surface area contributed by atoms with Crippen molar-refractivity contribution in [2.45, 2.75) is 12.3 Å². The van der Waals surface area contributed by atoms with Crippen molar-refractivity contribution < 1.29 is 26.8 Å². The van der Waals surface area contributed by atoms with E-state index >= 15 is 0 Å². The number of methoxy groups -OCH3 is 2. The Morgan fingerprint density at radius 3 is 2.60 bits per heavy atom. The Kier molecular flexibility index (Phi) is 2.62. The van der Waals surface area contributed by atoms with E-state index in [1.807, 2.05) is 0 Å². The van der Waals surface area contributed by atoms with Gasteiger partial charge in [0.05, 0.1) is 18.0 Å². The molecule has 1 aromatic heterocycles. The molecular weight excluding hydrogens is 275 g/mol. The SMILES string of the molecule is [2H]C([2H])([2H])n1nc(N)c2c(OC)c([C@@H](OC)C(F)(F)F)ccc21. The molecule has 8 heteroatoms. The highest BCUT2D eigenvalue weighted by molar-refractivity contribution is 5.95. The number of nitrogens with two attached hydrogens (primary N) is 1. The van der Waals surface area contributed by atoms with Crippen LogP contribution in [0.25, 0.3) is 10.9 Å². The van der Waals surface area contributed by atoms with Gasteiger partial charge in [0.25, 0.3) is 0 Å². The molecule has 2 N–H and O–H groups in total. The van der Waals surface area contributed by atoms with Gasteiger partial charge in [0.1, 0.15) is 5.75 Å². The van der Waals surface area contributed by atoms with Crippen molar-refractivity contribution in [3.05, 3.63) is 17.7 Å². The number of halogens is 3. The van der Waals surface area contributed by atoms with Crippen molar-refractivity contribution >= 4 is 16.7 Å². The van der Waals surface area contributed by atoms with E-state index in [0.717, 1.165) is 20.3 Å². The van der Waals surface area contributed by atoms with Gasteiger partial charge in [-0.2, -0.15) is 18.3 Å². The van der Waals surface area contributed by atoms with Crippen LogP contribution in [0.4, 0.5) is 19.0 Å². The van der Waals surface area contributed by atoms with Gasteiger partial charge in [-0.3, -0.25) is 4.68 Å². The quantitative estimate of drug-likeness (QED) is 0.943. The molecule has 5 nitrogen and oxygen atoms in total. The van der Waals surface area contributed by atoms with Gasteiger partial charge in [-0.15, -0.1) is 0 Å². The lowest BCUT2D eigenvalue weighted by Gasteiger charge is -2.21.